The Kier molecular flexibility index (Phi) is 3.90. The van der Waals surface area contributed by atoms with Crippen LogP contribution >= 0.6 is 0 Å². The molecule has 0 aliphatic rings. The predicted molar refractivity (Wildman–Crippen MR) is 75.1 cm³/mol. The van der Waals surface area contributed by atoms with E-state index >= 15 is 0 Å². The summed E-state index contributed by atoms with van der Waals surface area (Å²) in [5.74, 6) is -0.343. The van der Waals surface area contributed by atoms with E-state index in [9.17, 15) is 8.78 Å². The van der Waals surface area contributed by atoms with Crippen LogP contribution in [-0.4, -0.2) is 9.97 Å². The van der Waals surface area contributed by atoms with E-state index in [0.717, 1.165) is 12.8 Å². The van der Waals surface area contributed by atoms with Gasteiger partial charge in [0, 0.05) is 5.56 Å². The first kappa shape index (κ1) is 14.7. The molecule has 0 radical (unpaired) electrons. The van der Waals surface area contributed by atoms with Crippen molar-refractivity contribution in [3.05, 3.63) is 41.4 Å². The molecule has 0 bridgehead atoms. The summed E-state index contributed by atoms with van der Waals surface area (Å²) < 4.78 is 27.5. The molecule has 1 aromatic heterocycles. The standard InChI is InChI=1S/C15H19F2N3/c1-4-5-15(3,18)14-19-8-13(20-14)10-7-11(16)9(2)6-12(10)17/h6-8H,4-5,18H2,1-3H3,(H,19,20). The number of rotatable bonds is 4. The van der Waals surface area contributed by atoms with Crippen molar-refractivity contribution in [2.24, 2.45) is 5.73 Å². The van der Waals surface area contributed by atoms with Crippen LogP contribution in [0.5, 0.6) is 0 Å². The first-order valence-electron chi connectivity index (χ1n) is 6.65. The fourth-order valence-corrected chi connectivity index (χ4v) is 2.24. The smallest absolute Gasteiger partial charge is 0.133 e. The second-order valence-electron chi connectivity index (χ2n) is 5.39. The van der Waals surface area contributed by atoms with Crippen LogP contribution in [0.25, 0.3) is 11.3 Å². The topological polar surface area (TPSA) is 54.7 Å². The summed E-state index contributed by atoms with van der Waals surface area (Å²) in [4.78, 5) is 7.21. The van der Waals surface area contributed by atoms with Crippen LogP contribution in [0.1, 0.15) is 38.1 Å². The molecule has 1 heterocycles. The number of hydrogen-bond donors (Lipinski definition) is 2. The molecule has 3 N–H and O–H groups in total. The first-order chi connectivity index (χ1) is 9.35. The van der Waals surface area contributed by atoms with E-state index in [-0.39, 0.29) is 11.1 Å². The lowest BCUT2D eigenvalue weighted by molar-refractivity contribution is 0.423. The molecule has 0 fully saturated rings. The molecule has 0 saturated heterocycles. The summed E-state index contributed by atoms with van der Waals surface area (Å²) >= 11 is 0. The Morgan fingerprint density at radius 1 is 1.30 bits per heavy atom. The number of halogens is 2. The Bertz CT molecular complexity index is 618. The van der Waals surface area contributed by atoms with Crippen molar-refractivity contribution in [1.29, 1.82) is 0 Å². The minimum Gasteiger partial charge on any atom is -0.340 e. The molecule has 0 amide bonds. The molecule has 108 valence electrons. The third-order valence-electron chi connectivity index (χ3n) is 3.42. The van der Waals surface area contributed by atoms with Crippen molar-refractivity contribution in [3.8, 4) is 11.3 Å². The van der Waals surface area contributed by atoms with Crippen LogP contribution in [0.4, 0.5) is 8.78 Å². The minimum atomic E-state index is -0.604. The predicted octanol–water partition coefficient (Wildman–Crippen LogP) is 3.64. The summed E-state index contributed by atoms with van der Waals surface area (Å²) in [6, 6.07) is 2.36. The lowest BCUT2D eigenvalue weighted by Crippen LogP contribution is -2.34. The van der Waals surface area contributed by atoms with Crippen molar-refractivity contribution >= 4 is 0 Å². The lowest BCUT2D eigenvalue weighted by Gasteiger charge is -2.21. The number of H-pyrrole nitrogens is 1. The van der Waals surface area contributed by atoms with E-state index in [2.05, 4.69) is 9.97 Å². The second-order valence-corrected chi connectivity index (χ2v) is 5.39. The van der Waals surface area contributed by atoms with Crippen LogP contribution in [0.15, 0.2) is 18.3 Å². The van der Waals surface area contributed by atoms with E-state index in [1.54, 1.807) is 0 Å². The average molecular weight is 279 g/mol. The largest absolute Gasteiger partial charge is 0.340 e. The molecule has 0 aliphatic carbocycles. The molecule has 2 aromatic rings. The zero-order valence-electron chi connectivity index (χ0n) is 11.9. The monoisotopic (exact) mass is 279 g/mol. The van der Waals surface area contributed by atoms with Crippen molar-refractivity contribution in [1.82, 2.24) is 9.97 Å². The fraction of sp³-hybridized carbons (Fsp3) is 0.400. The molecule has 3 nitrogen and oxygen atoms in total. The number of nitrogens with two attached hydrogens (primary N) is 1. The average Bonchev–Trinajstić information content (AvgIpc) is 2.84. The molecule has 0 aliphatic heterocycles. The van der Waals surface area contributed by atoms with Crippen molar-refractivity contribution < 1.29 is 8.78 Å². The third kappa shape index (κ3) is 2.72. The molecule has 1 aromatic carbocycles. The van der Waals surface area contributed by atoms with Gasteiger partial charge in [-0.15, -0.1) is 0 Å². The number of benzene rings is 1. The highest BCUT2D eigenvalue weighted by Gasteiger charge is 2.24. The zero-order valence-corrected chi connectivity index (χ0v) is 11.9. The first-order valence-corrected chi connectivity index (χ1v) is 6.65. The highest BCUT2D eigenvalue weighted by atomic mass is 19.1. The van der Waals surface area contributed by atoms with Gasteiger partial charge in [-0.25, -0.2) is 13.8 Å². The maximum atomic E-state index is 13.9. The number of hydrogen-bond acceptors (Lipinski definition) is 2. The Morgan fingerprint density at radius 3 is 2.65 bits per heavy atom. The zero-order chi connectivity index (χ0) is 14.9. The Hall–Kier alpha value is -1.75. The van der Waals surface area contributed by atoms with Crippen LogP contribution in [0, 0.1) is 18.6 Å². The van der Waals surface area contributed by atoms with Gasteiger partial charge in [-0.05, 0) is 38.0 Å². The van der Waals surface area contributed by atoms with E-state index in [0.29, 0.717) is 11.5 Å². The maximum absolute atomic E-state index is 13.9. The van der Waals surface area contributed by atoms with Gasteiger partial charge in [-0.3, -0.25) is 0 Å². The van der Waals surface area contributed by atoms with Crippen LogP contribution in [0.3, 0.4) is 0 Å². The number of imidazole rings is 1. The molecule has 5 heteroatoms. The quantitative estimate of drug-likeness (QED) is 0.897. The Labute approximate surface area is 117 Å². The molecular formula is C15H19F2N3. The molecule has 2 rings (SSSR count). The van der Waals surface area contributed by atoms with Gasteiger partial charge in [-0.1, -0.05) is 13.3 Å². The molecule has 1 unspecified atom stereocenters. The van der Waals surface area contributed by atoms with Gasteiger partial charge in [0.1, 0.15) is 17.5 Å². The molecule has 0 saturated carbocycles. The van der Waals surface area contributed by atoms with Crippen LogP contribution in [-0.2, 0) is 5.54 Å². The number of aromatic nitrogens is 2. The second kappa shape index (κ2) is 5.32. The van der Waals surface area contributed by atoms with Crippen LogP contribution in [0.2, 0.25) is 0 Å². The lowest BCUT2D eigenvalue weighted by atomic mass is 9.97. The van der Waals surface area contributed by atoms with Gasteiger partial charge in [0.15, 0.2) is 0 Å². The van der Waals surface area contributed by atoms with E-state index in [1.165, 1.54) is 25.3 Å². The summed E-state index contributed by atoms with van der Waals surface area (Å²) in [6.07, 6.45) is 3.16. The van der Waals surface area contributed by atoms with E-state index in [1.807, 2.05) is 13.8 Å². The van der Waals surface area contributed by atoms with Gasteiger partial charge in [-0.2, -0.15) is 0 Å². The minimum absolute atomic E-state index is 0.166. The highest BCUT2D eigenvalue weighted by molar-refractivity contribution is 5.60. The van der Waals surface area contributed by atoms with Gasteiger partial charge in [0.05, 0.1) is 17.4 Å². The Morgan fingerprint density at radius 2 is 2.00 bits per heavy atom. The molecule has 20 heavy (non-hydrogen) atoms. The summed E-state index contributed by atoms with van der Waals surface area (Å²) in [5.41, 5.74) is 6.44. The number of nitrogens with one attached hydrogen (secondary N) is 1. The Balaban J connectivity index is 2.41. The van der Waals surface area contributed by atoms with Gasteiger partial charge in [0.2, 0.25) is 0 Å². The molecular weight excluding hydrogens is 260 g/mol. The SMILES string of the molecule is CCCC(C)(N)c1ncc(-c2cc(F)c(C)cc2F)[nH]1. The summed E-state index contributed by atoms with van der Waals surface area (Å²) in [7, 11) is 0. The number of aryl methyl sites for hydroxylation is 1. The van der Waals surface area contributed by atoms with Crippen molar-refractivity contribution in [3.63, 3.8) is 0 Å². The normalized spacial score (nSPS) is 14.3. The van der Waals surface area contributed by atoms with Crippen molar-refractivity contribution in [2.75, 3.05) is 0 Å². The summed E-state index contributed by atoms with van der Waals surface area (Å²) in [5, 5.41) is 0. The van der Waals surface area contributed by atoms with Crippen molar-refractivity contribution in [2.45, 2.75) is 39.2 Å². The van der Waals surface area contributed by atoms with Crippen LogP contribution < -0.4 is 5.73 Å². The fourth-order valence-electron chi connectivity index (χ4n) is 2.24. The summed E-state index contributed by atoms with van der Waals surface area (Å²) in [6.45, 7) is 5.42. The van der Waals surface area contributed by atoms with Gasteiger partial charge < -0.3 is 10.7 Å². The number of nitrogens with zero attached hydrogens (tertiary/aromatic N) is 1. The third-order valence-corrected chi connectivity index (χ3v) is 3.42. The molecule has 1 atom stereocenters. The number of aromatic amines is 1. The van der Waals surface area contributed by atoms with E-state index < -0.39 is 17.2 Å². The highest BCUT2D eigenvalue weighted by Crippen LogP contribution is 2.27. The van der Waals surface area contributed by atoms with Gasteiger partial charge in [0.25, 0.3) is 0 Å². The van der Waals surface area contributed by atoms with E-state index in [4.69, 9.17) is 5.73 Å². The van der Waals surface area contributed by atoms with Gasteiger partial charge >= 0.3 is 0 Å². The maximum Gasteiger partial charge on any atom is 0.133 e. The molecule has 0 spiro atoms.